The van der Waals surface area contributed by atoms with Crippen LogP contribution in [0.5, 0.6) is 0 Å². The highest BCUT2D eigenvalue weighted by molar-refractivity contribution is 5.67. The van der Waals surface area contributed by atoms with Crippen molar-refractivity contribution in [1.82, 2.24) is 20.6 Å². The highest BCUT2D eigenvalue weighted by atomic mass is 15.5. The van der Waals surface area contributed by atoms with Crippen molar-refractivity contribution < 1.29 is 0 Å². The zero-order valence-corrected chi connectivity index (χ0v) is 16.3. The van der Waals surface area contributed by atoms with Gasteiger partial charge in [0.25, 0.3) is 0 Å². The van der Waals surface area contributed by atoms with Crippen LogP contribution in [0.1, 0.15) is 22.5 Å². The molecule has 1 heterocycles. The topological polar surface area (TPSA) is 54.5 Å². The van der Waals surface area contributed by atoms with Gasteiger partial charge in [-0.05, 0) is 33.9 Å². The Morgan fingerprint density at radius 2 is 1.07 bits per heavy atom. The summed E-state index contributed by atoms with van der Waals surface area (Å²) in [6, 6.07) is 39.7. The molecule has 0 saturated carbocycles. The number of rotatable bonds is 5. The predicted molar refractivity (Wildman–Crippen MR) is 118 cm³/mol. The maximum Gasteiger partial charge on any atom is 0.193 e. The molecule has 0 aliphatic heterocycles. The van der Waals surface area contributed by atoms with Gasteiger partial charge in [0.05, 0.1) is 0 Å². The van der Waals surface area contributed by atoms with Gasteiger partial charge in [0.2, 0.25) is 0 Å². The summed E-state index contributed by atoms with van der Waals surface area (Å²) in [7, 11) is 0. The molecule has 0 atom stereocenters. The first kappa shape index (κ1) is 18.0. The molecular weight excluding hydrogens is 368 g/mol. The lowest BCUT2D eigenvalue weighted by molar-refractivity contribution is 0.682. The monoisotopic (exact) mass is 388 g/mol. The maximum absolute atomic E-state index is 4.47. The molecule has 0 amide bonds. The van der Waals surface area contributed by atoms with E-state index in [1.165, 1.54) is 5.56 Å². The average Bonchev–Trinajstić information content (AvgIpc) is 3.37. The lowest BCUT2D eigenvalue weighted by atomic mass is 9.68. The predicted octanol–water partition coefficient (Wildman–Crippen LogP) is 5.25. The van der Waals surface area contributed by atoms with Crippen molar-refractivity contribution in [2.75, 3.05) is 0 Å². The Hall–Kier alpha value is -4.05. The van der Waals surface area contributed by atoms with Crippen molar-refractivity contribution in [3.8, 4) is 11.1 Å². The Morgan fingerprint density at radius 1 is 0.533 bits per heavy atom. The number of aromatic nitrogens is 4. The molecule has 4 heteroatoms. The summed E-state index contributed by atoms with van der Waals surface area (Å²) in [5, 5.41) is 15.5. The Morgan fingerprint density at radius 3 is 1.63 bits per heavy atom. The third-order valence-corrected chi connectivity index (χ3v) is 5.50. The van der Waals surface area contributed by atoms with Crippen LogP contribution in [0.2, 0.25) is 0 Å². The second-order valence-electron chi connectivity index (χ2n) is 7.16. The second kappa shape index (κ2) is 7.76. The summed E-state index contributed by atoms with van der Waals surface area (Å²) in [5.74, 6) is 0.616. The number of hydrogen-bond acceptors (Lipinski definition) is 3. The molecule has 0 radical (unpaired) electrons. The van der Waals surface area contributed by atoms with E-state index in [1.54, 1.807) is 0 Å². The molecule has 4 nitrogen and oxygen atoms in total. The third-order valence-electron chi connectivity index (χ3n) is 5.50. The lowest BCUT2D eigenvalue weighted by Gasteiger charge is -2.33. The van der Waals surface area contributed by atoms with E-state index in [2.05, 4.69) is 93.4 Å². The van der Waals surface area contributed by atoms with Crippen molar-refractivity contribution in [2.24, 2.45) is 0 Å². The number of hydrogen-bond donors (Lipinski definition) is 1. The molecule has 1 aromatic heterocycles. The molecule has 0 fully saturated rings. The minimum atomic E-state index is -0.694. The Bertz CT molecular complexity index is 1180. The van der Waals surface area contributed by atoms with Crippen LogP contribution in [0, 0.1) is 0 Å². The summed E-state index contributed by atoms with van der Waals surface area (Å²) < 4.78 is 0. The first-order valence-corrected chi connectivity index (χ1v) is 9.90. The van der Waals surface area contributed by atoms with E-state index in [4.69, 9.17) is 0 Å². The molecule has 4 aromatic carbocycles. The first-order valence-electron chi connectivity index (χ1n) is 9.90. The van der Waals surface area contributed by atoms with Gasteiger partial charge in [-0.3, -0.25) is 0 Å². The summed E-state index contributed by atoms with van der Waals surface area (Å²) in [4.78, 5) is 0. The van der Waals surface area contributed by atoms with Crippen LogP contribution in [0.15, 0.2) is 115 Å². The first-order chi connectivity index (χ1) is 14.9. The van der Waals surface area contributed by atoms with Crippen molar-refractivity contribution in [3.63, 3.8) is 0 Å². The van der Waals surface area contributed by atoms with Crippen molar-refractivity contribution >= 4 is 0 Å². The average molecular weight is 388 g/mol. The van der Waals surface area contributed by atoms with Gasteiger partial charge < -0.3 is 0 Å². The van der Waals surface area contributed by atoms with Gasteiger partial charge >= 0.3 is 0 Å². The van der Waals surface area contributed by atoms with Crippen LogP contribution in [0.25, 0.3) is 11.1 Å². The van der Waals surface area contributed by atoms with Gasteiger partial charge in [0, 0.05) is 0 Å². The SMILES string of the molecule is c1ccc(-c2cccc(C(c3ccccc3)(c3ccccc3)c3nn[nH]n3)c2)cc1. The van der Waals surface area contributed by atoms with Gasteiger partial charge in [-0.15, -0.1) is 10.2 Å². The summed E-state index contributed by atoms with van der Waals surface area (Å²) in [5.41, 5.74) is 4.88. The number of benzene rings is 4. The second-order valence-corrected chi connectivity index (χ2v) is 7.16. The van der Waals surface area contributed by atoms with Crippen molar-refractivity contribution in [1.29, 1.82) is 0 Å². The van der Waals surface area contributed by atoms with Gasteiger partial charge in [0.1, 0.15) is 5.41 Å². The molecule has 5 aromatic rings. The lowest BCUT2D eigenvalue weighted by Crippen LogP contribution is -2.32. The summed E-state index contributed by atoms with van der Waals surface area (Å²) in [6.45, 7) is 0. The van der Waals surface area contributed by atoms with E-state index < -0.39 is 5.41 Å². The summed E-state index contributed by atoms with van der Waals surface area (Å²) in [6.07, 6.45) is 0. The van der Waals surface area contributed by atoms with Crippen molar-refractivity contribution in [2.45, 2.75) is 5.41 Å². The highest BCUT2D eigenvalue weighted by Gasteiger charge is 2.42. The zero-order valence-electron chi connectivity index (χ0n) is 16.3. The van der Waals surface area contributed by atoms with Gasteiger partial charge in [-0.25, -0.2) is 0 Å². The van der Waals surface area contributed by atoms with E-state index in [9.17, 15) is 0 Å². The molecule has 30 heavy (non-hydrogen) atoms. The fraction of sp³-hybridized carbons (Fsp3) is 0.0385. The molecule has 0 spiro atoms. The maximum atomic E-state index is 4.47. The fourth-order valence-electron chi connectivity index (χ4n) is 4.15. The minimum Gasteiger partial charge on any atom is -0.177 e. The smallest absolute Gasteiger partial charge is 0.177 e. The summed E-state index contributed by atoms with van der Waals surface area (Å²) >= 11 is 0. The zero-order chi connectivity index (χ0) is 20.2. The molecule has 0 aliphatic carbocycles. The number of nitrogens with one attached hydrogen (secondary N) is 1. The number of nitrogens with zero attached hydrogens (tertiary/aromatic N) is 3. The third kappa shape index (κ3) is 2.99. The quantitative estimate of drug-likeness (QED) is 0.418. The molecule has 0 unspecified atom stereocenters. The molecule has 1 N–H and O–H groups in total. The molecule has 0 bridgehead atoms. The molecule has 0 saturated heterocycles. The largest absolute Gasteiger partial charge is 0.193 e. The Kier molecular flexibility index (Phi) is 4.66. The van der Waals surface area contributed by atoms with E-state index in [0.717, 1.165) is 22.3 Å². The Labute approximate surface area is 175 Å². The van der Waals surface area contributed by atoms with Crippen LogP contribution in [0.3, 0.4) is 0 Å². The number of aromatic amines is 1. The van der Waals surface area contributed by atoms with Crippen molar-refractivity contribution in [3.05, 3.63) is 138 Å². The normalized spacial score (nSPS) is 11.3. The Balaban J connectivity index is 1.84. The fourth-order valence-corrected chi connectivity index (χ4v) is 4.15. The van der Waals surface area contributed by atoms with Gasteiger partial charge in [0.15, 0.2) is 5.82 Å². The standard InChI is InChI=1S/C26H20N4/c1-4-11-20(12-5-1)21-13-10-18-24(19-21)26(25-27-29-30-28-25,22-14-6-2-7-15-22)23-16-8-3-9-17-23/h1-19H,(H,27,28,29,30). The van der Waals surface area contributed by atoms with Crippen LogP contribution in [0.4, 0.5) is 0 Å². The molecule has 0 aliphatic rings. The van der Waals surface area contributed by atoms with Crippen LogP contribution in [-0.2, 0) is 5.41 Å². The van der Waals surface area contributed by atoms with Gasteiger partial charge in [-0.2, -0.15) is 5.21 Å². The molecular formula is C26H20N4. The number of H-pyrrole nitrogens is 1. The van der Waals surface area contributed by atoms with E-state index in [1.807, 2.05) is 42.5 Å². The van der Waals surface area contributed by atoms with E-state index in [-0.39, 0.29) is 0 Å². The van der Waals surface area contributed by atoms with Gasteiger partial charge in [-0.1, -0.05) is 114 Å². The van der Waals surface area contributed by atoms with Crippen LogP contribution < -0.4 is 0 Å². The van der Waals surface area contributed by atoms with Crippen LogP contribution >= 0.6 is 0 Å². The van der Waals surface area contributed by atoms with E-state index in [0.29, 0.717) is 5.82 Å². The van der Waals surface area contributed by atoms with E-state index >= 15 is 0 Å². The minimum absolute atomic E-state index is 0.616. The molecule has 144 valence electrons. The number of tetrazole rings is 1. The van der Waals surface area contributed by atoms with Crippen LogP contribution in [-0.4, -0.2) is 20.6 Å². The highest BCUT2D eigenvalue weighted by Crippen LogP contribution is 2.44. The molecule has 5 rings (SSSR count).